The number of hydrogen-bond donors (Lipinski definition) is 0. The van der Waals surface area contributed by atoms with Crippen LogP contribution in [0, 0.1) is 16.7 Å². The van der Waals surface area contributed by atoms with Crippen molar-refractivity contribution in [2.75, 3.05) is 0 Å². The van der Waals surface area contributed by atoms with Gasteiger partial charge in [0.25, 0.3) is 0 Å². The van der Waals surface area contributed by atoms with Crippen molar-refractivity contribution in [3.63, 3.8) is 0 Å². The Morgan fingerprint density at radius 1 is 0.846 bits per heavy atom. The first-order chi connectivity index (χ1) is 5.60. The molecule has 0 rings (SSSR count). The summed E-state index contributed by atoms with van der Waals surface area (Å²) in [5.74, 6) is 0.874. The highest BCUT2D eigenvalue weighted by atomic mass is 14.2. The molecule has 0 radical (unpaired) electrons. The maximum Gasteiger partial charge on any atom is -0.0380 e. The van der Waals surface area contributed by atoms with Crippen molar-refractivity contribution < 1.29 is 0 Å². The summed E-state index contributed by atoms with van der Waals surface area (Å²) in [4.78, 5) is 0. The van der Waals surface area contributed by atoms with Crippen LogP contribution in [0.15, 0.2) is 0 Å². The molecule has 0 fully saturated rings. The summed E-state index contributed by atoms with van der Waals surface area (Å²) in [5.41, 5.74) is 1.00. The third-order valence-electron chi connectivity index (χ3n) is 2.35. The monoisotopic (exact) mass is 184 g/mol. The third kappa shape index (κ3) is 9.92. The third-order valence-corrected chi connectivity index (χ3v) is 2.35. The van der Waals surface area contributed by atoms with Crippen LogP contribution in [0.1, 0.15) is 67.7 Å². The first-order valence-electron chi connectivity index (χ1n) is 5.60. The van der Waals surface area contributed by atoms with Gasteiger partial charge in [0.15, 0.2) is 0 Å². The molecule has 0 spiro atoms. The lowest BCUT2D eigenvalue weighted by atomic mass is 9.80. The summed E-state index contributed by atoms with van der Waals surface area (Å²) in [6.07, 6.45) is 4.08. The first-order valence-corrected chi connectivity index (χ1v) is 5.60. The van der Waals surface area contributed by atoms with E-state index in [-0.39, 0.29) is 0 Å². The van der Waals surface area contributed by atoms with Crippen LogP contribution >= 0.6 is 0 Å². The molecule has 0 saturated carbocycles. The molecule has 0 bridgehead atoms. The largest absolute Gasteiger partial charge is 0.0625 e. The molecular weight excluding hydrogens is 156 g/mol. The fraction of sp³-hybridized carbons (Fsp3) is 1.00. The zero-order valence-corrected chi connectivity index (χ0v) is 10.7. The van der Waals surface area contributed by atoms with Gasteiger partial charge >= 0.3 is 0 Å². The minimum Gasteiger partial charge on any atom is -0.0625 e. The van der Waals surface area contributed by atoms with Crippen LogP contribution in [-0.2, 0) is 0 Å². The van der Waals surface area contributed by atoms with Gasteiger partial charge in [-0.15, -0.1) is 0 Å². The van der Waals surface area contributed by atoms with E-state index in [0.717, 1.165) is 5.92 Å². The summed E-state index contributed by atoms with van der Waals surface area (Å²) < 4.78 is 0. The first kappa shape index (κ1) is 13.0. The molecule has 13 heavy (non-hydrogen) atoms. The quantitative estimate of drug-likeness (QED) is 0.586. The summed E-state index contributed by atoms with van der Waals surface area (Å²) in [5, 5.41) is 0. The van der Waals surface area contributed by atoms with Crippen molar-refractivity contribution in [3.8, 4) is 0 Å². The molecule has 0 aromatic rings. The van der Waals surface area contributed by atoms with Crippen LogP contribution in [0.2, 0.25) is 0 Å². The summed E-state index contributed by atoms with van der Waals surface area (Å²) in [6.45, 7) is 16.4. The van der Waals surface area contributed by atoms with E-state index < -0.39 is 0 Å². The van der Waals surface area contributed by atoms with Gasteiger partial charge in [0.1, 0.15) is 0 Å². The molecule has 0 N–H and O–H groups in total. The lowest BCUT2D eigenvalue weighted by Crippen LogP contribution is -2.13. The molecule has 0 heteroatoms. The summed E-state index contributed by atoms with van der Waals surface area (Å²) in [7, 11) is 0. The van der Waals surface area contributed by atoms with Crippen molar-refractivity contribution >= 4 is 0 Å². The second-order valence-corrected chi connectivity index (χ2v) is 6.97. The minimum absolute atomic E-state index is 0.497. The molecule has 0 nitrogen and oxygen atoms in total. The van der Waals surface area contributed by atoms with Gasteiger partial charge in [-0.05, 0) is 29.6 Å². The zero-order valence-electron chi connectivity index (χ0n) is 10.7. The smallest absolute Gasteiger partial charge is 0.0380 e. The topological polar surface area (TPSA) is 0 Å². The highest BCUT2D eigenvalue weighted by Crippen LogP contribution is 2.30. The van der Waals surface area contributed by atoms with E-state index in [2.05, 4.69) is 48.5 Å². The van der Waals surface area contributed by atoms with Crippen LogP contribution in [0.25, 0.3) is 0 Å². The number of rotatable bonds is 3. The molecule has 0 aliphatic heterocycles. The second kappa shape index (κ2) is 4.48. The van der Waals surface area contributed by atoms with Crippen LogP contribution in [-0.4, -0.2) is 0 Å². The van der Waals surface area contributed by atoms with Crippen molar-refractivity contribution in [1.82, 2.24) is 0 Å². The average Bonchev–Trinajstić information content (AvgIpc) is 1.78. The Morgan fingerprint density at radius 2 is 1.31 bits per heavy atom. The van der Waals surface area contributed by atoms with Gasteiger partial charge < -0.3 is 0 Å². The van der Waals surface area contributed by atoms with Gasteiger partial charge in [-0.25, -0.2) is 0 Å². The molecule has 0 aromatic carbocycles. The predicted molar refractivity (Wildman–Crippen MR) is 61.9 cm³/mol. The highest BCUT2D eigenvalue weighted by Gasteiger charge is 2.17. The Balaban J connectivity index is 3.70. The molecule has 0 aromatic heterocycles. The summed E-state index contributed by atoms with van der Waals surface area (Å²) in [6, 6.07) is 0. The van der Waals surface area contributed by atoms with Gasteiger partial charge in [0.2, 0.25) is 0 Å². The van der Waals surface area contributed by atoms with Gasteiger partial charge in [0.05, 0.1) is 0 Å². The minimum atomic E-state index is 0.497. The van der Waals surface area contributed by atoms with E-state index in [1.54, 1.807) is 0 Å². The van der Waals surface area contributed by atoms with Crippen LogP contribution in [0.3, 0.4) is 0 Å². The normalized spacial score (nSPS) is 15.9. The molecule has 0 aliphatic rings. The zero-order chi connectivity index (χ0) is 10.7. The van der Waals surface area contributed by atoms with Crippen LogP contribution < -0.4 is 0 Å². The Morgan fingerprint density at radius 3 is 1.62 bits per heavy atom. The van der Waals surface area contributed by atoms with Gasteiger partial charge in [-0.1, -0.05) is 54.9 Å². The van der Waals surface area contributed by atoms with Crippen molar-refractivity contribution in [3.05, 3.63) is 0 Å². The number of hydrogen-bond acceptors (Lipinski definition) is 0. The van der Waals surface area contributed by atoms with Crippen molar-refractivity contribution in [2.24, 2.45) is 16.7 Å². The maximum atomic E-state index is 2.39. The Kier molecular flexibility index (Phi) is 4.48. The molecule has 1 unspecified atom stereocenters. The predicted octanol–water partition coefficient (Wildman–Crippen LogP) is 4.89. The SMILES string of the molecule is CC(CCC(C)(C)C)CC(C)(C)C. The van der Waals surface area contributed by atoms with Crippen molar-refractivity contribution in [2.45, 2.75) is 67.7 Å². The van der Waals surface area contributed by atoms with E-state index in [1.807, 2.05) is 0 Å². The molecule has 0 amide bonds. The van der Waals surface area contributed by atoms with Crippen LogP contribution in [0.4, 0.5) is 0 Å². The Hall–Kier alpha value is 0. The second-order valence-electron chi connectivity index (χ2n) is 6.97. The molecular formula is C13H28. The average molecular weight is 184 g/mol. The maximum absolute atomic E-state index is 2.39. The van der Waals surface area contributed by atoms with E-state index in [9.17, 15) is 0 Å². The van der Waals surface area contributed by atoms with Crippen LogP contribution in [0.5, 0.6) is 0 Å². The van der Waals surface area contributed by atoms with Crippen molar-refractivity contribution in [1.29, 1.82) is 0 Å². The van der Waals surface area contributed by atoms with E-state index in [1.165, 1.54) is 19.3 Å². The molecule has 80 valence electrons. The highest BCUT2D eigenvalue weighted by molar-refractivity contribution is 4.69. The fourth-order valence-electron chi connectivity index (χ4n) is 1.83. The van der Waals surface area contributed by atoms with Gasteiger partial charge in [0, 0.05) is 0 Å². The lowest BCUT2D eigenvalue weighted by molar-refractivity contribution is 0.260. The molecule has 0 aliphatic carbocycles. The lowest BCUT2D eigenvalue weighted by Gasteiger charge is -2.26. The van der Waals surface area contributed by atoms with Gasteiger partial charge in [-0.3, -0.25) is 0 Å². The summed E-state index contributed by atoms with van der Waals surface area (Å²) >= 11 is 0. The van der Waals surface area contributed by atoms with E-state index >= 15 is 0 Å². The molecule has 0 saturated heterocycles. The van der Waals surface area contributed by atoms with E-state index in [4.69, 9.17) is 0 Å². The molecule has 0 heterocycles. The Labute approximate surface area is 85.1 Å². The fourth-order valence-corrected chi connectivity index (χ4v) is 1.83. The Bertz CT molecular complexity index is 131. The van der Waals surface area contributed by atoms with E-state index in [0.29, 0.717) is 10.8 Å². The standard InChI is InChI=1S/C13H28/c1-11(10-13(5,6)7)8-9-12(2,3)4/h11H,8-10H2,1-7H3. The molecule has 1 atom stereocenters. The van der Waals surface area contributed by atoms with Gasteiger partial charge in [-0.2, -0.15) is 0 Å².